The molecule has 1 N–H and O–H groups in total. The Labute approximate surface area is 138 Å². The number of aromatic nitrogens is 2. The second-order valence-corrected chi connectivity index (χ2v) is 5.44. The molecule has 0 bridgehead atoms. The Morgan fingerprint density at radius 2 is 1.88 bits per heavy atom. The van der Waals surface area contributed by atoms with E-state index in [2.05, 4.69) is 10.3 Å². The fraction of sp³-hybridized carbons (Fsp3) is 0. The molecule has 2 aromatic carbocycles. The highest BCUT2D eigenvalue weighted by Gasteiger charge is 2.24. The van der Waals surface area contributed by atoms with Crippen LogP contribution in [0.4, 0.5) is 5.69 Å². The van der Waals surface area contributed by atoms with Gasteiger partial charge in [-0.3, -0.25) is 9.59 Å². The molecule has 0 saturated carbocycles. The van der Waals surface area contributed by atoms with Crippen molar-refractivity contribution in [3.05, 3.63) is 84.5 Å². The molecule has 0 atom stereocenters. The minimum atomic E-state index is -0.250. The summed E-state index contributed by atoms with van der Waals surface area (Å²) in [6.45, 7) is 0. The van der Waals surface area contributed by atoms with Crippen molar-refractivity contribution < 1.29 is 9.59 Å². The van der Waals surface area contributed by atoms with E-state index in [-0.39, 0.29) is 11.7 Å². The number of nitrogens with one attached hydrogen (secondary N) is 1. The lowest BCUT2D eigenvalue weighted by atomic mass is 10.0. The predicted octanol–water partition coefficient (Wildman–Crippen LogP) is 3.09. The number of hydrogen-bond donors (Lipinski definition) is 1. The highest BCUT2D eigenvalue weighted by molar-refractivity contribution is 6.35. The number of carbonyl (C=O) groups is 2. The van der Waals surface area contributed by atoms with Gasteiger partial charge in [0.2, 0.25) is 0 Å². The summed E-state index contributed by atoms with van der Waals surface area (Å²) in [6, 6.07) is 14.5. The number of nitrogens with zero attached hydrogens (tertiary/aromatic N) is 2. The molecular weight excluding hydrogens is 302 g/mol. The van der Waals surface area contributed by atoms with Gasteiger partial charge in [0.25, 0.3) is 5.91 Å². The molecule has 3 aromatic rings. The SMILES string of the molecule is O=C1Nc2ccccc2/C1=C/C(=O)c1ccc(-n2ccnc2)cc1. The summed E-state index contributed by atoms with van der Waals surface area (Å²) in [6.07, 6.45) is 6.62. The highest BCUT2D eigenvalue weighted by Crippen LogP contribution is 2.31. The summed E-state index contributed by atoms with van der Waals surface area (Å²) in [5.41, 5.74) is 3.33. The van der Waals surface area contributed by atoms with E-state index in [1.54, 1.807) is 24.7 Å². The number of imidazole rings is 1. The Hall–Kier alpha value is -3.47. The van der Waals surface area contributed by atoms with Crippen LogP contribution in [0, 0.1) is 0 Å². The van der Waals surface area contributed by atoms with Gasteiger partial charge in [0.05, 0.1) is 11.9 Å². The van der Waals surface area contributed by atoms with E-state index < -0.39 is 0 Å². The third-order valence-electron chi connectivity index (χ3n) is 3.94. The van der Waals surface area contributed by atoms with E-state index in [1.165, 1.54) is 6.08 Å². The lowest BCUT2D eigenvalue weighted by Gasteiger charge is -2.03. The third kappa shape index (κ3) is 2.42. The lowest BCUT2D eigenvalue weighted by Crippen LogP contribution is -2.06. The van der Waals surface area contributed by atoms with Gasteiger partial charge in [-0.05, 0) is 36.4 Å². The van der Waals surface area contributed by atoms with Crippen molar-refractivity contribution in [2.24, 2.45) is 0 Å². The van der Waals surface area contributed by atoms with Crippen LogP contribution in [-0.2, 0) is 4.79 Å². The maximum atomic E-state index is 12.5. The number of anilines is 1. The summed E-state index contributed by atoms with van der Waals surface area (Å²) >= 11 is 0. The first-order valence-corrected chi connectivity index (χ1v) is 7.47. The summed E-state index contributed by atoms with van der Waals surface area (Å²) < 4.78 is 1.85. The van der Waals surface area contributed by atoms with Gasteiger partial charge in [-0.2, -0.15) is 0 Å². The summed E-state index contributed by atoms with van der Waals surface area (Å²) in [5.74, 6) is -0.450. The average molecular weight is 315 g/mol. The largest absolute Gasteiger partial charge is 0.321 e. The van der Waals surface area contributed by atoms with Gasteiger partial charge < -0.3 is 9.88 Å². The molecule has 0 saturated heterocycles. The van der Waals surface area contributed by atoms with Crippen molar-refractivity contribution in [1.29, 1.82) is 0 Å². The van der Waals surface area contributed by atoms with E-state index in [4.69, 9.17) is 0 Å². The number of hydrogen-bond acceptors (Lipinski definition) is 3. The minimum Gasteiger partial charge on any atom is -0.321 e. The van der Waals surface area contributed by atoms with Crippen LogP contribution in [0.1, 0.15) is 15.9 Å². The normalized spacial score (nSPS) is 14.5. The van der Waals surface area contributed by atoms with Crippen molar-refractivity contribution in [2.45, 2.75) is 0 Å². The number of fused-ring (bicyclic) bond motifs is 1. The van der Waals surface area contributed by atoms with Crippen LogP contribution in [0.3, 0.4) is 0 Å². The summed E-state index contributed by atoms with van der Waals surface area (Å²) in [4.78, 5) is 28.5. The van der Waals surface area contributed by atoms with Crippen LogP contribution < -0.4 is 5.32 Å². The van der Waals surface area contributed by atoms with Crippen molar-refractivity contribution in [3.63, 3.8) is 0 Å². The molecule has 0 unspecified atom stereocenters. The number of amides is 1. The first-order valence-electron chi connectivity index (χ1n) is 7.47. The molecule has 0 spiro atoms. The van der Waals surface area contributed by atoms with E-state index in [9.17, 15) is 9.59 Å². The molecule has 116 valence electrons. The maximum absolute atomic E-state index is 12.5. The van der Waals surface area contributed by atoms with Crippen molar-refractivity contribution >= 4 is 23.0 Å². The Morgan fingerprint density at radius 1 is 1.08 bits per heavy atom. The molecule has 4 rings (SSSR count). The molecule has 0 aliphatic carbocycles. The zero-order valence-electron chi connectivity index (χ0n) is 12.6. The Bertz CT molecular complexity index is 955. The number of ketones is 1. The van der Waals surface area contributed by atoms with Gasteiger partial charge in [-0.1, -0.05) is 18.2 Å². The molecule has 2 heterocycles. The third-order valence-corrected chi connectivity index (χ3v) is 3.94. The molecule has 0 fully saturated rings. The Kier molecular flexibility index (Phi) is 3.31. The maximum Gasteiger partial charge on any atom is 0.256 e. The standard InChI is InChI=1S/C19H13N3O2/c23-18(11-16-15-3-1-2-4-17(15)21-19(16)24)13-5-7-14(8-6-13)22-10-9-20-12-22/h1-12H,(H,21,24)/b16-11-. The molecule has 0 radical (unpaired) electrons. The molecule has 5 heteroatoms. The summed E-state index contributed by atoms with van der Waals surface area (Å²) in [5, 5.41) is 2.76. The predicted molar refractivity (Wildman–Crippen MR) is 90.9 cm³/mol. The minimum absolute atomic E-state index is 0.200. The van der Waals surface area contributed by atoms with Crippen LogP contribution in [0.15, 0.2) is 73.3 Å². The molecule has 1 aromatic heterocycles. The average Bonchev–Trinajstić information content (AvgIpc) is 3.24. The first-order chi connectivity index (χ1) is 11.7. The monoisotopic (exact) mass is 315 g/mol. The zero-order valence-corrected chi connectivity index (χ0v) is 12.6. The first kappa shape index (κ1) is 14.1. The molecular formula is C19H13N3O2. The molecule has 1 aliphatic rings. The number of rotatable bonds is 3. The Morgan fingerprint density at radius 3 is 2.62 bits per heavy atom. The zero-order chi connectivity index (χ0) is 16.5. The fourth-order valence-corrected chi connectivity index (χ4v) is 2.71. The van der Waals surface area contributed by atoms with Gasteiger partial charge in [0.15, 0.2) is 5.78 Å². The second kappa shape index (κ2) is 5.62. The van der Waals surface area contributed by atoms with Crippen LogP contribution in [0.2, 0.25) is 0 Å². The van der Waals surface area contributed by atoms with Crippen LogP contribution in [-0.4, -0.2) is 21.2 Å². The van der Waals surface area contributed by atoms with Crippen LogP contribution in [0.5, 0.6) is 0 Å². The van der Waals surface area contributed by atoms with E-state index in [1.807, 2.05) is 47.2 Å². The van der Waals surface area contributed by atoms with Crippen LogP contribution in [0.25, 0.3) is 11.3 Å². The quantitative estimate of drug-likeness (QED) is 0.597. The van der Waals surface area contributed by atoms with E-state index in [0.717, 1.165) is 16.9 Å². The highest BCUT2D eigenvalue weighted by atomic mass is 16.2. The van der Waals surface area contributed by atoms with Crippen molar-refractivity contribution in [1.82, 2.24) is 9.55 Å². The van der Waals surface area contributed by atoms with Gasteiger partial charge in [-0.15, -0.1) is 0 Å². The van der Waals surface area contributed by atoms with E-state index in [0.29, 0.717) is 11.1 Å². The van der Waals surface area contributed by atoms with Gasteiger partial charge in [0, 0.05) is 34.9 Å². The topological polar surface area (TPSA) is 64.0 Å². The van der Waals surface area contributed by atoms with Gasteiger partial charge >= 0.3 is 0 Å². The Balaban J connectivity index is 1.64. The van der Waals surface area contributed by atoms with Crippen molar-refractivity contribution in [2.75, 3.05) is 5.32 Å². The van der Waals surface area contributed by atoms with E-state index >= 15 is 0 Å². The van der Waals surface area contributed by atoms with Crippen LogP contribution >= 0.6 is 0 Å². The fourth-order valence-electron chi connectivity index (χ4n) is 2.71. The number of carbonyl (C=O) groups excluding carboxylic acids is 2. The second-order valence-electron chi connectivity index (χ2n) is 5.44. The van der Waals surface area contributed by atoms with Gasteiger partial charge in [-0.25, -0.2) is 4.98 Å². The van der Waals surface area contributed by atoms with Crippen molar-refractivity contribution in [3.8, 4) is 5.69 Å². The molecule has 1 aliphatic heterocycles. The molecule has 24 heavy (non-hydrogen) atoms. The molecule has 5 nitrogen and oxygen atoms in total. The van der Waals surface area contributed by atoms with Gasteiger partial charge in [0.1, 0.15) is 0 Å². The lowest BCUT2D eigenvalue weighted by molar-refractivity contribution is -0.110. The number of allylic oxidation sites excluding steroid dienone is 1. The molecule has 1 amide bonds. The number of benzene rings is 2. The summed E-state index contributed by atoms with van der Waals surface area (Å²) in [7, 11) is 0. The smallest absolute Gasteiger partial charge is 0.256 e. The number of para-hydroxylation sites is 1.